The van der Waals surface area contributed by atoms with Crippen molar-refractivity contribution in [3.8, 4) is 5.75 Å². The summed E-state index contributed by atoms with van der Waals surface area (Å²) in [7, 11) is 1.69. The molecule has 1 saturated carbocycles. The predicted octanol–water partition coefficient (Wildman–Crippen LogP) is 2.94. The third-order valence-electron chi connectivity index (χ3n) is 6.28. The molecule has 2 N–H and O–H groups in total. The van der Waals surface area contributed by atoms with Crippen molar-refractivity contribution in [2.24, 2.45) is 10.9 Å². The highest BCUT2D eigenvalue weighted by Gasteiger charge is 2.31. The van der Waals surface area contributed by atoms with Gasteiger partial charge in [0.2, 0.25) is 5.91 Å². The molecule has 166 valence electrons. The molecule has 7 nitrogen and oxygen atoms in total. The quantitative estimate of drug-likeness (QED) is 0.552. The summed E-state index contributed by atoms with van der Waals surface area (Å²) in [6.07, 6.45) is 8.58. The van der Waals surface area contributed by atoms with Gasteiger partial charge < -0.3 is 20.3 Å². The number of nitrogens with zero attached hydrogens (tertiary/aromatic N) is 3. The lowest BCUT2D eigenvalue weighted by atomic mass is 9.88. The van der Waals surface area contributed by atoms with E-state index in [0.29, 0.717) is 12.5 Å². The Labute approximate surface area is 180 Å². The summed E-state index contributed by atoms with van der Waals surface area (Å²) in [4.78, 5) is 24.2. The van der Waals surface area contributed by atoms with Crippen molar-refractivity contribution >= 4 is 11.9 Å². The SMILES string of the molecule is CCNC(=NCc1ncc(C)c(OC)c1C)NC1CCN(C(=O)C2CCCCC2)C1. The Hall–Kier alpha value is -2.31. The molecule has 0 spiro atoms. The number of amides is 1. The van der Waals surface area contributed by atoms with Gasteiger partial charge in [-0.25, -0.2) is 4.99 Å². The minimum Gasteiger partial charge on any atom is -0.496 e. The average molecular weight is 416 g/mol. The number of guanidine groups is 1. The smallest absolute Gasteiger partial charge is 0.225 e. The van der Waals surface area contributed by atoms with Crippen LogP contribution in [0.4, 0.5) is 0 Å². The summed E-state index contributed by atoms with van der Waals surface area (Å²) in [5, 5.41) is 6.84. The second-order valence-corrected chi connectivity index (χ2v) is 8.49. The Kier molecular flexibility index (Phi) is 7.94. The van der Waals surface area contributed by atoms with Crippen molar-refractivity contribution in [3.63, 3.8) is 0 Å². The number of pyridine rings is 1. The van der Waals surface area contributed by atoms with Crippen LogP contribution in [0.2, 0.25) is 0 Å². The van der Waals surface area contributed by atoms with E-state index in [1.54, 1.807) is 7.11 Å². The number of likely N-dealkylation sites (tertiary alicyclic amines) is 1. The third kappa shape index (κ3) is 5.43. The van der Waals surface area contributed by atoms with Gasteiger partial charge in [0.15, 0.2) is 5.96 Å². The molecule has 3 rings (SSSR count). The molecule has 1 unspecified atom stereocenters. The number of ether oxygens (including phenoxy) is 1. The molecule has 0 radical (unpaired) electrons. The van der Waals surface area contributed by atoms with E-state index in [0.717, 1.165) is 67.4 Å². The first kappa shape index (κ1) is 22.4. The van der Waals surface area contributed by atoms with E-state index < -0.39 is 0 Å². The molecule has 1 aromatic heterocycles. The summed E-state index contributed by atoms with van der Waals surface area (Å²) >= 11 is 0. The maximum absolute atomic E-state index is 12.8. The lowest BCUT2D eigenvalue weighted by Gasteiger charge is -2.26. The second kappa shape index (κ2) is 10.6. The highest BCUT2D eigenvalue weighted by Crippen LogP contribution is 2.27. The van der Waals surface area contributed by atoms with E-state index >= 15 is 0 Å². The number of nitrogens with one attached hydrogen (secondary N) is 2. The van der Waals surface area contributed by atoms with Crippen LogP contribution in [0.5, 0.6) is 5.75 Å². The largest absolute Gasteiger partial charge is 0.496 e. The first-order valence-corrected chi connectivity index (χ1v) is 11.4. The third-order valence-corrected chi connectivity index (χ3v) is 6.28. The number of carbonyl (C=O) groups is 1. The van der Waals surface area contributed by atoms with Crippen LogP contribution in [0.3, 0.4) is 0 Å². The lowest BCUT2D eigenvalue weighted by molar-refractivity contribution is -0.135. The molecule has 0 aromatic carbocycles. The van der Waals surface area contributed by atoms with E-state index in [4.69, 9.17) is 9.73 Å². The van der Waals surface area contributed by atoms with Crippen LogP contribution in [-0.2, 0) is 11.3 Å². The van der Waals surface area contributed by atoms with Crippen molar-refractivity contribution in [3.05, 3.63) is 23.0 Å². The number of rotatable bonds is 6. The fourth-order valence-electron chi connectivity index (χ4n) is 4.58. The van der Waals surface area contributed by atoms with Gasteiger partial charge in [-0.2, -0.15) is 0 Å². The highest BCUT2D eigenvalue weighted by atomic mass is 16.5. The number of aryl methyl sites for hydroxylation is 1. The predicted molar refractivity (Wildman–Crippen MR) is 120 cm³/mol. The van der Waals surface area contributed by atoms with Crippen molar-refractivity contribution in [1.29, 1.82) is 0 Å². The van der Waals surface area contributed by atoms with E-state index in [2.05, 4.69) is 22.5 Å². The maximum atomic E-state index is 12.8. The number of hydrogen-bond acceptors (Lipinski definition) is 4. The molecule has 0 bridgehead atoms. The van der Waals surface area contributed by atoms with Crippen LogP contribution in [0.25, 0.3) is 0 Å². The number of aromatic nitrogens is 1. The summed E-state index contributed by atoms with van der Waals surface area (Å²) in [6.45, 7) is 8.94. The lowest BCUT2D eigenvalue weighted by Crippen LogP contribution is -2.45. The Bertz CT molecular complexity index is 758. The van der Waals surface area contributed by atoms with Crippen LogP contribution >= 0.6 is 0 Å². The van der Waals surface area contributed by atoms with Crippen LogP contribution in [0.1, 0.15) is 62.3 Å². The Morgan fingerprint density at radius 3 is 2.73 bits per heavy atom. The second-order valence-electron chi connectivity index (χ2n) is 8.49. The van der Waals surface area contributed by atoms with Gasteiger partial charge in [0.25, 0.3) is 0 Å². The molecular formula is C23H37N5O2. The first-order chi connectivity index (χ1) is 14.5. The monoisotopic (exact) mass is 415 g/mol. The molecule has 2 fully saturated rings. The zero-order chi connectivity index (χ0) is 21.5. The van der Waals surface area contributed by atoms with Gasteiger partial charge in [0, 0.05) is 48.9 Å². The summed E-state index contributed by atoms with van der Waals surface area (Å²) < 4.78 is 5.51. The van der Waals surface area contributed by atoms with Gasteiger partial charge in [-0.1, -0.05) is 19.3 Å². The highest BCUT2D eigenvalue weighted by molar-refractivity contribution is 5.81. The normalized spacial score (nSPS) is 20.3. The molecule has 2 heterocycles. The fourth-order valence-corrected chi connectivity index (χ4v) is 4.58. The van der Waals surface area contributed by atoms with Gasteiger partial charge in [0.1, 0.15) is 5.75 Å². The number of methoxy groups -OCH3 is 1. The molecule has 1 atom stereocenters. The van der Waals surface area contributed by atoms with Gasteiger partial charge in [0.05, 0.1) is 19.3 Å². The number of carbonyl (C=O) groups excluding carboxylic acids is 1. The first-order valence-electron chi connectivity index (χ1n) is 11.4. The zero-order valence-corrected chi connectivity index (χ0v) is 19.0. The van der Waals surface area contributed by atoms with Crippen molar-refractivity contribution in [2.75, 3.05) is 26.7 Å². The van der Waals surface area contributed by atoms with Crippen molar-refractivity contribution < 1.29 is 9.53 Å². The molecule has 1 aliphatic heterocycles. The number of aliphatic imine (C=N–C) groups is 1. The Morgan fingerprint density at radius 1 is 1.27 bits per heavy atom. The van der Waals surface area contributed by atoms with Gasteiger partial charge >= 0.3 is 0 Å². The molecule has 1 aliphatic carbocycles. The molecule has 2 aliphatic rings. The summed E-state index contributed by atoms with van der Waals surface area (Å²) in [5.74, 6) is 2.24. The summed E-state index contributed by atoms with van der Waals surface area (Å²) in [6, 6.07) is 0.233. The van der Waals surface area contributed by atoms with Crippen molar-refractivity contribution in [2.45, 2.75) is 71.9 Å². The molecule has 7 heteroatoms. The maximum Gasteiger partial charge on any atom is 0.225 e. The fraction of sp³-hybridized carbons (Fsp3) is 0.696. The van der Waals surface area contributed by atoms with Crippen LogP contribution in [0.15, 0.2) is 11.2 Å². The summed E-state index contributed by atoms with van der Waals surface area (Å²) in [5.41, 5.74) is 2.97. The minimum atomic E-state index is 0.233. The Morgan fingerprint density at radius 2 is 2.03 bits per heavy atom. The Balaban J connectivity index is 1.60. The zero-order valence-electron chi connectivity index (χ0n) is 19.0. The molecule has 30 heavy (non-hydrogen) atoms. The van der Waals surface area contributed by atoms with Gasteiger partial charge in [-0.15, -0.1) is 0 Å². The minimum absolute atomic E-state index is 0.233. The van der Waals surface area contributed by atoms with Crippen LogP contribution in [-0.4, -0.2) is 54.5 Å². The molecule has 1 aromatic rings. The van der Waals surface area contributed by atoms with Crippen LogP contribution < -0.4 is 15.4 Å². The molecular weight excluding hydrogens is 378 g/mol. The molecule has 1 saturated heterocycles. The van der Waals surface area contributed by atoms with Gasteiger partial charge in [-0.05, 0) is 40.0 Å². The van der Waals surface area contributed by atoms with E-state index in [-0.39, 0.29) is 12.0 Å². The van der Waals surface area contributed by atoms with E-state index in [1.165, 1.54) is 19.3 Å². The van der Waals surface area contributed by atoms with E-state index in [1.807, 2.05) is 24.9 Å². The van der Waals surface area contributed by atoms with Crippen LogP contribution in [0, 0.1) is 19.8 Å². The van der Waals surface area contributed by atoms with Gasteiger partial charge in [-0.3, -0.25) is 9.78 Å². The average Bonchev–Trinajstić information content (AvgIpc) is 3.22. The number of hydrogen-bond donors (Lipinski definition) is 2. The standard InChI is InChI=1S/C23H37N5O2/c1-5-24-23(26-14-20-17(3)21(30-4)16(2)13-25-20)27-19-11-12-28(15-19)22(29)18-9-7-6-8-10-18/h13,18-19H,5-12,14-15H2,1-4H3,(H2,24,26,27). The molecule has 1 amide bonds. The van der Waals surface area contributed by atoms with E-state index in [9.17, 15) is 4.79 Å². The van der Waals surface area contributed by atoms with Crippen molar-refractivity contribution in [1.82, 2.24) is 20.5 Å². The topological polar surface area (TPSA) is 78.9 Å².